The van der Waals surface area contributed by atoms with E-state index in [-0.39, 0.29) is 23.8 Å². The van der Waals surface area contributed by atoms with Crippen molar-refractivity contribution < 1.29 is 18.7 Å². The summed E-state index contributed by atoms with van der Waals surface area (Å²) in [5, 5.41) is 15.3. The van der Waals surface area contributed by atoms with Gasteiger partial charge >= 0.3 is 0 Å². The third-order valence-electron chi connectivity index (χ3n) is 3.04. The molecular formula is C11H16F2N4O2. The van der Waals surface area contributed by atoms with Gasteiger partial charge in [-0.1, -0.05) is 0 Å². The first-order valence-corrected chi connectivity index (χ1v) is 6.06. The third kappa shape index (κ3) is 3.01. The second kappa shape index (κ2) is 5.52. The molecule has 0 aromatic carbocycles. The van der Waals surface area contributed by atoms with Crippen molar-refractivity contribution >= 4 is 11.6 Å². The van der Waals surface area contributed by atoms with Crippen LogP contribution in [0.5, 0.6) is 0 Å². The highest BCUT2D eigenvalue weighted by molar-refractivity contribution is 5.97. The first-order chi connectivity index (χ1) is 9.04. The molecule has 1 aromatic rings. The lowest BCUT2D eigenvalue weighted by Gasteiger charge is -2.20. The van der Waals surface area contributed by atoms with Crippen LogP contribution in [-0.2, 0) is 0 Å². The molecule has 0 radical (unpaired) electrons. The van der Waals surface area contributed by atoms with Crippen molar-refractivity contribution in [1.29, 1.82) is 0 Å². The number of H-pyrrole nitrogens is 1. The SMILES string of the molecule is Nc1c(C(=O)N(CCO)CC(F)F)n[nH]c1C1CC1. The molecule has 0 aliphatic heterocycles. The Morgan fingerprint density at radius 3 is 2.79 bits per heavy atom. The zero-order valence-corrected chi connectivity index (χ0v) is 10.3. The molecule has 2 rings (SSSR count). The van der Waals surface area contributed by atoms with Gasteiger partial charge in [-0.05, 0) is 12.8 Å². The number of hydrogen-bond acceptors (Lipinski definition) is 4. The number of halogens is 2. The summed E-state index contributed by atoms with van der Waals surface area (Å²) in [6.45, 7) is -1.31. The average Bonchev–Trinajstić information content (AvgIpc) is 3.11. The van der Waals surface area contributed by atoms with E-state index in [0.717, 1.165) is 17.7 Å². The normalized spacial score (nSPS) is 14.9. The molecule has 0 spiro atoms. The maximum atomic E-state index is 12.4. The third-order valence-corrected chi connectivity index (χ3v) is 3.04. The predicted molar refractivity (Wildman–Crippen MR) is 64.0 cm³/mol. The first kappa shape index (κ1) is 13.7. The van der Waals surface area contributed by atoms with Gasteiger partial charge < -0.3 is 15.7 Å². The molecule has 1 amide bonds. The number of amides is 1. The molecule has 19 heavy (non-hydrogen) atoms. The highest BCUT2D eigenvalue weighted by Gasteiger charge is 2.31. The molecule has 1 aromatic heterocycles. The Morgan fingerprint density at radius 2 is 2.26 bits per heavy atom. The number of alkyl halides is 2. The molecule has 1 heterocycles. The van der Waals surface area contributed by atoms with Crippen LogP contribution in [0.1, 0.15) is 34.9 Å². The molecule has 0 unspecified atom stereocenters. The van der Waals surface area contributed by atoms with Crippen LogP contribution in [0.15, 0.2) is 0 Å². The smallest absolute Gasteiger partial charge is 0.276 e. The Hall–Kier alpha value is -1.70. The van der Waals surface area contributed by atoms with Gasteiger partial charge in [0.15, 0.2) is 5.69 Å². The number of hydrogen-bond donors (Lipinski definition) is 3. The Balaban J connectivity index is 2.15. The number of aliphatic hydroxyl groups excluding tert-OH is 1. The quantitative estimate of drug-likeness (QED) is 0.706. The Bertz CT molecular complexity index is 460. The number of carbonyl (C=O) groups excluding carboxylic acids is 1. The highest BCUT2D eigenvalue weighted by atomic mass is 19.3. The molecule has 1 aliphatic rings. The summed E-state index contributed by atoms with van der Waals surface area (Å²) in [4.78, 5) is 12.9. The number of aliphatic hydroxyl groups is 1. The van der Waals surface area contributed by atoms with Gasteiger partial charge in [-0.25, -0.2) is 8.78 Å². The van der Waals surface area contributed by atoms with Crippen LogP contribution in [0.4, 0.5) is 14.5 Å². The molecule has 1 aliphatic carbocycles. The van der Waals surface area contributed by atoms with Crippen LogP contribution in [0.3, 0.4) is 0 Å². The van der Waals surface area contributed by atoms with Crippen molar-refractivity contribution in [3.05, 3.63) is 11.4 Å². The molecule has 4 N–H and O–H groups in total. The number of aromatic nitrogens is 2. The fourth-order valence-corrected chi connectivity index (χ4v) is 1.92. The monoisotopic (exact) mass is 274 g/mol. The fraction of sp³-hybridized carbons (Fsp3) is 0.636. The minimum atomic E-state index is -2.67. The van der Waals surface area contributed by atoms with Crippen molar-refractivity contribution in [2.24, 2.45) is 0 Å². The molecule has 1 saturated carbocycles. The standard InChI is InChI=1S/C11H16F2N4O2/c12-7(13)5-17(3-4-18)11(19)10-8(14)9(15-16-10)6-1-2-6/h6-7,18H,1-5,14H2,(H,15,16). The number of aromatic amines is 1. The van der Waals surface area contributed by atoms with Gasteiger partial charge in [-0.3, -0.25) is 9.89 Å². The minimum Gasteiger partial charge on any atom is -0.395 e. The number of anilines is 1. The van der Waals surface area contributed by atoms with Crippen LogP contribution < -0.4 is 5.73 Å². The van der Waals surface area contributed by atoms with Crippen molar-refractivity contribution in [3.63, 3.8) is 0 Å². The number of carbonyl (C=O) groups is 1. The lowest BCUT2D eigenvalue weighted by Crippen LogP contribution is -2.37. The Labute approximate surface area is 108 Å². The number of nitrogens with one attached hydrogen (secondary N) is 1. The van der Waals surface area contributed by atoms with E-state index in [0.29, 0.717) is 5.69 Å². The summed E-state index contributed by atoms with van der Waals surface area (Å²) < 4.78 is 24.8. The predicted octanol–water partition coefficient (Wildman–Crippen LogP) is 0.569. The lowest BCUT2D eigenvalue weighted by molar-refractivity contribution is 0.0505. The molecule has 6 nitrogen and oxygen atoms in total. The van der Waals surface area contributed by atoms with Crippen molar-refractivity contribution in [2.45, 2.75) is 25.2 Å². The number of nitrogens with zero attached hydrogens (tertiary/aromatic N) is 2. The lowest BCUT2D eigenvalue weighted by atomic mass is 10.2. The molecular weight excluding hydrogens is 258 g/mol. The van der Waals surface area contributed by atoms with E-state index in [9.17, 15) is 13.6 Å². The molecule has 106 valence electrons. The fourth-order valence-electron chi connectivity index (χ4n) is 1.92. The molecule has 0 bridgehead atoms. The topological polar surface area (TPSA) is 95.2 Å². The number of nitrogen functional groups attached to an aromatic ring is 1. The Kier molecular flexibility index (Phi) is 3.98. The maximum absolute atomic E-state index is 12.4. The summed E-state index contributed by atoms with van der Waals surface area (Å²) in [5.74, 6) is -0.398. The van der Waals surface area contributed by atoms with E-state index in [1.54, 1.807) is 0 Å². The second-order valence-electron chi connectivity index (χ2n) is 4.54. The van der Waals surface area contributed by atoms with Crippen molar-refractivity contribution in [3.8, 4) is 0 Å². The summed E-state index contributed by atoms with van der Waals surface area (Å²) in [6, 6.07) is 0. The molecule has 8 heteroatoms. The van der Waals surface area contributed by atoms with Gasteiger partial charge in [0.2, 0.25) is 0 Å². The van der Waals surface area contributed by atoms with Gasteiger partial charge in [0.05, 0.1) is 24.5 Å². The molecule has 1 fully saturated rings. The van der Waals surface area contributed by atoms with E-state index in [4.69, 9.17) is 10.8 Å². The first-order valence-electron chi connectivity index (χ1n) is 6.06. The van der Waals surface area contributed by atoms with E-state index < -0.39 is 25.5 Å². The van der Waals surface area contributed by atoms with Crippen LogP contribution in [0.25, 0.3) is 0 Å². The molecule has 0 saturated heterocycles. The summed E-state index contributed by atoms with van der Waals surface area (Å²) in [5.41, 5.74) is 6.70. The summed E-state index contributed by atoms with van der Waals surface area (Å²) in [6.07, 6.45) is -0.701. The zero-order valence-electron chi connectivity index (χ0n) is 10.3. The van der Waals surface area contributed by atoms with E-state index in [1.165, 1.54) is 0 Å². The van der Waals surface area contributed by atoms with Gasteiger partial charge in [0.1, 0.15) is 0 Å². The van der Waals surface area contributed by atoms with Gasteiger partial charge in [-0.2, -0.15) is 5.10 Å². The van der Waals surface area contributed by atoms with Crippen LogP contribution in [0.2, 0.25) is 0 Å². The van der Waals surface area contributed by atoms with E-state index >= 15 is 0 Å². The Morgan fingerprint density at radius 1 is 1.58 bits per heavy atom. The molecule has 0 atom stereocenters. The van der Waals surface area contributed by atoms with Crippen LogP contribution in [-0.4, -0.2) is 52.2 Å². The van der Waals surface area contributed by atoms with Crippen molar-refractivity contribution in [2.75, 3.05) is 25.4 Å². The summed E-state index contributed by atoms with van der Waals surface area (Å²) >= 11 is 0. The van der Waals surface area contributed by atoms with E-state index in [1.807, 2.05) is 0 Å². The van der Waals surface area contributed by atoms with Gasteiger partial charge in [-0.15, -0.1) is 0 Å². The van der Waals surface area contributed by atoms with Crippen LogP contribution in [0, 0.1) is 0 Å². The van der Waals surface area contributed by atoms with E-state index in [2.05, 4.69) is 10.2 Å². The van der Waals surface area contributed by atoms with Crippen molar-refractivity contribution in [1.82, 2.24) is 15.1 Å². The minimum absolute atomic E-state index is 0.0454. The average molecular weight is 274 g/mol. The number of nitrogens with two attached hydrogens (primary N) is 1. The largest absolute Gasteiger partial charge is 0.395 e. The second-order valence-corrected chi connectivity index (χ2v) is 4.54. The van der Waals surface area contributed by atoms with Gasteiger partial charge in [0.25, 0.3) is 12.3 Å². The summed E-state index contributed by atoms with van der Waals surface area (Å²) in [7, 11) is 0. The van der Waals surface area contributed by atoms with Gasteiger partial charge in [0, 0.05) is 12.5 Å². The number of rotatable bonds is 6. The highest BCUT2D eigenvalue weighted by Crippen LogP contribution is 2.42. The zero-order chi connectivity index (χ0) is 14.0. The van der Waals surface area contributed by atoms with Crippen LogP contribution >= 0.6 is 0 Å². The maximum Gasteiger partial charge on any atom is 0.276 e.